The molecule has 3 amide bonds. The number of urea groups is 1. The number of carbonyl (C=O) groups excluding carboxylic acids is 2. The van der Waals surface area contributed by atoms with Gasteiger partial charge in [-0.15, -0.1) is 11.8 Å². The fraction of sp³-hybridized carbons (Fsp3) is 0.583. The molecule has 0 aromatic carbocycles. The molecule has 0 bridgehead atoms. The van der Waals surface area contributed by atoms with Crippen molar-refractivity contribution in [2.24, 2.45) is 4.99 Å². The molecule has 10 heteroatoms. The molecule has 0 saturated carbocycles. The topological polar surface area (TPSA) is 99.1 Å². The lowest BCUT2D eigenvalue weighted by Gasteiger charge is -2.26. The van der Waals surface area contributed by atoms with Crippen molar-refractivity contribution < 1.29 is 18.0 Å². The van der Waals surface area contributed by atoms with Crippen LogP contribution in [0.15, 0.2) is 16.5 Å². The minimum atomic E-state index is -3.53. The Kier molecular flexibility index (Phi) is 4.35. The van der Waals surface area contributed by atoms with Crippen molar-refractivity contribution in [3.05, 3.63) is 11.5 Å². The van der Waals surface area contributed by atoms with Gasteiger partial charge < -0.3 is 0 Å². The van der Waals surface area contributed by atoms with Crippen LogP contribution in [0, 0.1) is 0 Å². The highest BCUT2D eigenvalue weighted by molar-refractivity contribution is 8.04. The molecule has 3 aliphatic rings. The zero-order valence-electron chi connectivity index (χ0n) is 11.8. The van der Waals surface area contributed by atoms with E-state index >= 15 is 0 Å². The van der Waals surface area contributed by atoms with E-state index in [0.717, 1.165) is 17.7 Å². The number of carbonyl (C=O) groups is 2. The highest BCUT2D eigenvalue weighted by atomic mass is 32.2. The normalized spacial score (nSPS) is 25.7. The standard InChI is InChI=1S/C12H16N4O4S2/c17-11-10-9(3-8-21-10)14-12(18)16(11)7-4-13-22(19,20)15-5-1-2-6-15/h3,8,10,13H,1-2,4-7H2. The predicted molar refractivity (Wildman–Crippen MR) is 82.8 cm³/mol. The van der Waals surface area contributed by atoms with Crippen LogP contribution in [-0.4, -0.2) is 66.7 Å². The number of hydrogen-bond donors (Lipinski definition) is 1. The summed E-state index contributed by atoms with van der Waals surface area (Å²) in [6, 6.07) is -0.635. The predicted octanol–water partition coefficient (Wildman–Crippen LogP) is -0.0511. The lowest BCUT2D eigenvalue weighted by molar-refractivity contribution is -0.126. The van der Waals surface area contributed by atoms with Gasteiger partial charge in [-0.2, -0.15) is 17.7 Å². The Labute approximate surface area is 132 Å². The molecule has 3 aliphatic heterocycles. The molecule has 1 unspecified atom stereocenters. The SMILES string of the molecule is O=C1N=C2C=CSC2C(=O)N1CCNS(=O)(=O)N1CCCC1. The first-order valence-corrected chi connectivity index (χ1v) is 9.38. The van der Waals surface area contributed by atoms with Crippen LogP contribution in [0.3, 0.4) is 0 Å². The summed E-state index contributed by atoms with van der Waals surface area (Å²) in [5.74, 6) is -0.342. The Hall–Kier alpha value is -1.23. The van der Waals surface area contributed by atoms with E-state index in [4.69, 9.17) is 0 Å². The smallest absolute Gasteiger partial charge is 0.273 e. The van der Waals surface area contributed by atoms with E-state index in [1.54, 1.807) is 11.5 Å². The lowest BCUT2D eigenvalue weighted by atomic mass is 10.2. The highest BCUT2D eigenvalue weighted by Crippen LogP contribution is 2.27. The fourth-order valence-corrected chi connectivity index (χ4v) is 4.70. The second kappa shape index (κ2) is 6.11. The van der Waals surface area contributed by atoms with Crippen molar-refractivity contribution in [3.8, 4) is 0 Å². The molecule has 1 atom stereocenters. The van der Waals surface area contributed by atoms with E-state index in [1.807, 2.05) is 0 Å². The van der Waals surface area contributed by atoms with E-state index in [9.17, 15) is 18.0 Å². The van der Waals surface area contributed by atoms with Crippen molar-refractivity contribution in [2.45, 2.75) is 18.1 Å². The summed E-state index contributed by atoms with van der Waals surface area (Å²) >= 11 is 1.30. The van der Waals surface area contributed by atoms with Crippen LogP contribution in [-0.2, 0) is 15.0 Å². The Bertz CT molecular complexity index is 652. The monoisotopic (exact) mass is 344 g/mol. The molecular weight excluding hydrogens is 328 g/mol. The molecule has 0 spiro atoms. The maximum atomic E-state index is 12.2. The van der Waals surface area contributed by atoms with E-state index in [2.05, 4.69) is 9.71 Å². The highest BCUT2D eigenvalue weighted by Gasteiger charge is 2.38. The largest absolute Gasteiger partial charge is 0.350 e. The van der Waals surface area contributed by atoms with Gasteiger partial charge in [0.15, 0.2) is 0 Å². The van der Waals surface area contributed by atoms with Gasteiger partial charge in [0.2, 0.25) is 5.91 Å². The second-order valence-corrected chi connectivity index (χ2v) is 7.90. The quantitative estimate of drug-likeness (QED) is 0.754. The van der Waals surface area contributed by atoms with Gasteiger partial charge in [-0.05, 0) is 24.3 Å². The third kappa shape index (κ3) is 2.96. The molecule has 3 rings (SSSR count). The molecule has 120 valence electrons. The Morgan fingerprint density at radius 3 is 2.77 bits per heavy atom. The number of rotatable bonds is 5. The van der Waals surface area contributed by atoms with Crippen LogP contribution < -0.4 is 4.72 Å². The second-order valence-electron chi connectivity index (χ2n) is 5.13. The Morgan fingerprint density at radius 1 is 1.32 bits per heavy atom. The number of nitrogens with zero attached hydrogens (tertiary/aromatic N) is 3. The molecule has 1 fully saturated rings. The first-order chi connectivity index (χ1) is 10.5. The van der Waals surface area contributed by atoms with E-state index in [-0.39, 0.29) is 19.0 Å². The average Bonchev–Trinajstić information content (AvgIpc) is 3.12. The first-order valence-electron chi connectivity index (χ1n) is 7.00. The maximum Gasteiger partial charge on any atom is 0.350 e. The van der Waals surface area contributed by atoms with Gasteiger partial charge in [-0.1, -0.05) is 0 Å². The minimum absolute atomic E-state index is 0.00795. The van der Waals surface area contributed by atoms with Crippen LogP contribution in [0.1, 0.15) is 12.8 Å². The number of allylic oxidation sites excluding steroid dienone is 1. The zero-order valence-corrected chi connectivity index (χ0v) is 13.4. The van der Waals surface area contributed by atoms with Crippen molar-refractivity contribution >= 4 is 39.6 Å². The van der Waals surface area contributed by atoms with E-state index in [0.29, 0.717) is 18.8 Å². The maximum absolute atomic E-state index is 12.2. The van der Waals surface area contributed by atoms with Gasteiger partial charge in [0.05, 0.1) is 5.71 Å². The Balaban J connectivity index is 1.58. The number of amides is 3. The van der Waals surface area contributed by atoms with Crippen LogP contribution in [0.25, 0.3) is 0 Å². The zero-order chi connectivity index (χ0) is 15.7. The number of imide groups is 1. The molecule has 0 aromatic heterocycles. The van der Waals surface area contributed by atoms with E-state index in [1.165, 1.54) is 16.1 Å². The van der Waals surface area contributed by atoms with Crippen molar-refractivity contribution in [1.82, 2.24) is 13.9 Å². The van der Waals surface area contributed by atoms with Crippen LogP contribution in [0.5, 0.6) is 0 Å². The molecule has 1 saturated heterocycles. The summed E-state index contributed by atoms with van der Waals surface area (Å²) < 4.78 is 27.8. The van der Waals surface area contributed by atoms with Crippen LogP contribution in [0.4, 0.5) is 4.79 Å². The molecule has 22 heavy (non-hydrogen) atoms. The summed E-state index contributed by atoms with van der Waals surface area (Å²) in [5, 5.41) is 1.25. The Morgan fingerprint density at radius 2 is 2.05 bits per heavy atom. The summed E-state index contributed by atoms with van der Waals surface area (Å²) in [7, 11) is -3.53. The molecule has 3 heterocycles. The van der Waals surface area contributed by atoms with Gasteiger partial charge >= 0.3 is 6.03 Å². The van der Waals surface area contributed by atoms with Gasteiger partial charge in [0, 0.05) is 26.2 Å². The summed E-state index contributed by atoms with van der Waals surface area (Å²) in [4.78, 5) is 28.9. The molecule has 0 aliphatic carbocycles. The summed E-state index contributed by atoms with van der Waals surface area (Å²) in [6.07, 6.45) is 3.36. The third-order valence-electron chi connectivity index (χ3n) is 3.69. The molecular formula is C12H16N4O4S2. The molecule has 1 N–H and O–H groups in total. The van der Waals surface area contributed by atoms with Crippen molar-refractivity contribution in [1.29, 1.82) is 0 Å². The number of nitrogens with one attached hydrogen (secondary N) is 1. The fourth-order valence-electron chi connectivity index (χ4n) is 2.54. The molecule has 8 nitrogen and oxygen atoms in total. The molecule has 0 radical (unpaired) electrons. The summed E-state index contributed by atoms with van der Waals surface area (Å²) in [6.45, 7) is 0.994. The lowest BCUT2D eigenvalue weighted by Crippen LogP contribution is -2.50. The third-order valence-corrected chi connectivity index (χ3v) is 6.32. The number of fused-ring (bicyclic) bond motifs is 1. The number of hydrogen-bond acceptors (Lipinski definition) is 5. The van der Waals surface area contributed by atoms with Crippen molar-refractivity contribution in [2.75, 3.05) is 26.2 Å². The van der Waals surface area contributed by atoms with Gasteiger partial charge in [0.25, 0.3) is 10.2 Å². The van der Waals surface area contributed by atoms with Crippen LogP contribution >= 0.6 is 11.8 Å². The minimum Gasteiger partial charge on any atom is -0.273 e. The average molecular weight is 344 g/mol. The van der Waals surface area contributed by atoms with E-state index < -0.39 is 21.5 Å². The van der Waals surface area contributed by atoms with Gasteiger partial charge in [-0.25, -0.2) is 9.52 Å². The first kappa shape index (κ1) is 15.7. The van der Waals surface area contributed by atoms with Crippen molar-refractivity contribution in [3.63, 3.8) is 0 Å². The van der Waals surface area contributed by atoms with Gasteiger partial charge in [0.1, 0.15) is 5.25 Å². The number of aliphatic imine (C=N–C) groups is 1. The number of thioether (sulfide) groups is 1. The molecule has 0 aromatic rings. The van der Waals surface area contributed by atoms with Gasteiger partial charge in [-0.3, -0.25) is 9.69 Å². The van der Waals surface area contributed by atoms with Crippen LogP contribution in [0.2, 0.25) is 0 Å². The summed E-state index contributed by atoms with van der Waals surface area (Å²) in [5.41, 5.74) is 0.467.